The molecule has 0 heterocycles. The fourth-order valence-corrected chi connectivity index (χ4v) is 2.57. The normalized spacial score (nSPS) is 11.6. The summed E-state index contributed by atoms with van der Waals surface area (Å²) in [4.78, 5) is 25.9. The summed E-state index contributed by atoms with van der Waals surface area (Å²) in [6.45, 7) is 0.409. The zero-order chi connectivity index (χ0) is 18.4. The number of hydrogen-bond acceptors (Lipinski definition) is 3. The molecule has 0 aliphatic carbocycles. The summed E-state index contributed by atoms with van der Waals surface area (Å²) in [5.74, 6) is -1.93. The Hall–Kier alpha value is -3.15. The average molecular weight is 338 g/mol. The molecule has 6 heteroatoms. The molecule has 2 aromatic carbocycles. The predicted molar refractivity (Wildman–Crippen MR) is 96.8 cm³/mol. The van der Waals surface area contributed by atoms with Gasteiger partial charge in [-0.15, -0.1) is 0 Å². The Morgan fingerprint density at radius 1 is 1.00 bits per heavy atom. The van der Waals surface area contributed by atoms with Crippen LogP contribution in [0.1, 0.15) is 16.7 Å². The van der Waals surface area contributed by atoms with E-state index in [4.69, 9.17) is 16.9 Å². The standard InChI is InChI=1S/C19H22N4O2/c1-23(12-14-5-3-2-4-6-14)19(25)16(18(22)24)11-13-7-9-15(10-8-13)17(20)21/h2-10,16H,11-12H2,1H3,(H3,20,21)(H2,22,24). The lowest BCUT2D eigenvalue weighted by atomic mass is 9.96. The predicted octanol–water partition coefficient (Wildman–Crippen LogP) is 1.27. The molecular formula is C19H22N4O2. The second-order valence-corrected chi connectivity index (χ2v) is 5.95. The quantitative estimate of drug-likeness (QED) is 0.401. The molecule has 1 atom stereocenters. The fraction of sp³-hybridized carbons (Fsp3) is 0.211. The highest BCUT2D eigenvalue weighted by atomic mass is 16.2. The number of hydrogen-bond donors (Lipinski definition) is 3. The van der Waals surface area contributed by atoms with Crippen LogP contribution in [0, 0.1) is 11.3 Å². The maximum atomic E-state index is 12.6. The monoisotopic (exact) mass is 338 g/mol. The molecule has 130 valence electrons. The molecule has 25 heavy (non-hydrogen) atoms. The number of nitrogen functional groups attached to an aromatic ring is 1. The van der Waals surface area contributed by atoms with Crippen LogP contribution in [-0.4, -0.2) is 29.6 Å². The number of rotatable bonds is 7. The number of nitrogens with two attached hydrogens (primary N) is 2. The molecule has 5 N–H and O–H groups in total. The van der Waals surface area contributed by atoms with Gasteiger partial charge in [0.1, 0.15) is 11.8 Å². The molecule has 2 rings (SSSR count). The highest BCUT2D eigenvalue weighted by molar-refractivity contribution is 5.99. The van der Waals surface area contributed by atoms with Gasteiger partial charge in [-0.2, -0.15) is 0 Å². The second-order valence-electron chi connectivity index (χ2n) is 5.95. The van der Waals surface area contributed by atoms with Gasteiger partial charge in [0, 0.05) is 19.2 Å². The zero-order valence-corrected chi connectivity index (χ0v) is 14.1. The van der Waals surface area contributed by atoms with Gasteiger partial charge in [0.25, 0.3) is 0 Å². The van der Waals surface area contributed by atoms with Crippen LogP contribution in [0.5, 0.6) is 0 Å². The van der Waals surface area contributed by atoms with Crippen LogP contribution in [0.4, 0.5) is 0 Å². The van der Waals surface area contributed by atoms with E-state index in [1.54, 1.807) is 31.3 Å². The molecule has 0 saturated carbocycles. The first-order valence-corrected chi connectivity index (χ1v) is 7.90. The molecule has 0 radical (unpaired) electrons. The van der Waals surface area contributed by atoms with E-state index in [1.807, 2.05) is 30.3 Å². The topological polar surface area (TPSA) is 113 Å². The summed E-state index contributed by atoms with van der Waals surface area (Å²) in [5.41, 5.74) is 13.2. The number of carbonyl (C=O) groups excluding carboxylic acids is 2. The highest BCUT2D eigenvalue weighted by Gasteiger charge is 2.27. The second kappa shape index (κ2) is 8.10. The highest BCUT2D eigenvalue weighted by Crippen LogP contribution is 2.14. The number of amidine groups is 1. The minimum Gasteiger partial charge on any atom is -0.384 e. The van der Waals surface area contributed by atoms with E-state index < -0.39 is 11.8 Å². The summed E-state index contributed by atoms with van der Waals surface area (Å²) in [6.07, 6.45) is 0.214. The van der Waals surface area contributed by atoms with Crippen molar-refractivity contribution in [3.63, 3.8) is 0 Å². The molecule has 0 bridgehead atoms. The zero-order valence-electron chi connectivity index (χ0n) is 14.1. The fourth-order valence-electron chi connectivity index (χ4n) is 2.57. The largest absolute Gasteiger partial charge is 0.384 e. The van der Waals surface area contributed by atoms with E-state index in [0.29, 0.717) is 12.1 Å². The Morgan fingerprint density at radius 2 is 1.60 bits per heavy atom. The molecule has 6 nitrogen and oxygen atoms in total. The van der Waals surface area contributed by atoms with Crippen LogP contribution in [-0.2, 0) is 22.6 Å². The molecule has 0 aromatic heterocycles. The molecule has 0 aliphatic rings. The molecule has 0 fully saturated rings. The lowest BCUT2D eigenvalue weighted by Crippen LogP contribution is -2.40. The van der Waals surface area contributed by atoms with Crippen molar-refractivity contribution >= 4 is 17.6 Å². The van der Waals surface area contributed by atoms with Crippen LogP contribution in [0.25, 0.3) is 0 Å². The number of carbonyl (C=O) groups is 2. The third-order valence-corrected chi connectivity index (χ3v) is 3.99. The third-order valence-electron chi connectivity index (χ3n) is 3.99. The summed E-state index contributed by atoms with van der Waals surface area (Å²) >= 11 is 0. The van der Waals surface area contributed by atoms with E-state index in [2.05, 4.69) is 0 Å². The van der Waals surface area contributed by atoms with Crippen molar-refractivity contribution in [3.05, 3.63) is 71.3 Å². The number of nitrogens with zero attached hydrogens (tertiary/aromatic N) is 1. The first kappa shape index (κ1) is 18.2. The maximum absolute atomic E-state index is 12.6. The maximum Gasteiger partial charge on any atom is 0.235 e. The van der Waals surface area contributed by atoms with Crippen molar-refractivity contribution in [1.82, 2.24) is 4.90 Å². The molecule has 0 aliphatic heterocycles. The van der Waals surface area contributed by atoms with Gasteiger partial charge in [-0.05, 0) is 17.5 Å². The van der Waals surface area contributed by atoms with E-state index in [0.717, 1.165) is 11.1 Å². The minimum atomic E-state index is -0.933. The van der Waals surface area contributed by atoms with Crippen LogP contribution >= 0.6 is 0 Å². The number of nitrogens with one attached hydrogen (secondary N) is 1. The van der Waals surface area contributed by atoms with E-state index in [1.165, 1.54) is 4.90 Å². The van der Waals surface area contributed by atoms with Crippen molar-refractivity contribution in [1.29, 1.82) is 5.41 Å². The van der Waals surface area contributed by atoms with Gasteiger partial charge in [0.15, 0.2) is 0 Å². The molecule has 2 amide bonds. The lowest BCUT2D eigenvalue weighted by molar-refractivity contribution is -0.140. The SMILES string of the molecule is CN(Cc1ccccc1)C(=O)C(Cc1ccc(C(=N)N)cc1)C(N)=O. The molecule has 0 spiro atoms. The van der Waals surface area contributed by atoms with Crippen LogP contribution in [0.2, 0.25) is 0 Å². The molecule has 2 aromatic rings. The first-order chi connectivity index (χ1) is 11.9. The van der Waals surface area contributed by atoms with Gasteiger partial charge in [-0.1, -0.05) is 54.6 Å². The molecule has 0 saturated heterocycles. The Bertz CT molecular complexity index is 757. The first-order valence-electron chi connectivity index (χ1n) is 7.90. The van der Waals surface area contributed by atoms with Crippen molar-refractivity contribution in [3.8, 4) is 0 Å². The Balaban J connectivity index is 2.09. The smallest absolute Gasteiger partial charge is 0.235 e. The Morgan fingerprint density at radius 3 is 2.12 bits per heavy atom. The van der Waals surface area contributed by atoms with Crippen LogP contribution in [0.15, 0.2) is 54.6 Å². The molecular weight excluding hydrogens is 316 g/mol. The van der Waals surface area contributed by atoms with Crippen molar-refractivity contribution < 1.29 is 9.59 Å². The Labute approximate surface area is 146 Å². The Kier molecular flexibility index (Phi) is 5.89. The van der Waals surface area contributed by atoms with E-state index in [9.17, 15) is 9.59 Å². The number of amides is 2. The average Bonchev–Trinajstić information content (AvgIpc) is 2.60. The van der Waals surface area contributed by atoms with Crippen molar-refractivity contribution in [2.24, 2.45) is 17.4 Å². The number of primary amides is 1. The van der Waals surface area contributed by atoms with Crippen LogP contribution in [0.3, 0.4) is 0 Å². The van der Waals surface area contributed by atoms with Crippen LogP contribution < -0.4 is 11.5 Å². The number of benzene rings is 2. The van der Waals surface area contributed by atoms with Gasteiger partial charge in [-0.25, -0.2) is 0 Å². The van der Waals surface area contributed by atoms with Gasteiger partial charge in [-0.3, -0.25) is 15.0 Å². The van der Waals surface area contributed by atoms with Gasteiger partial charge in [0.2, 0.25) is 11.8 Å². The molecule has 1 unspecified atom stereocenters. The minimum absolute atomic E-state index is 0.0309. The van der Waals surface area contributed by atoms with E-state index >= 15 is 0 Å². The summed E-state index contributed by atoms with van der Waals surface area (Å²) in [7, 11) is 1.66. The van der Waals surface area contributed by atoms with E-state index in [-0.39, 0.29) is 18.2 Å². The van der Waals surface area contributed by atoms with Gasteiger partial charge >= 0.3 is 0 Å². The van der Waals surface area contributed by atoms with Crippen molar-refractivity contribution in [2.45, 2.75) is 13.0 Å². The summed E-state index contributed by atoms with van der Waals surface area (Å²) < 4.78 is 0. The van der Waals surface area contributed by atoms with Gasteiger partial charge < -0.3 is 16.4 Å². The summed E-state index contributed by atoms with van der Waals surface area (Å²) in [6, 6.07) is 16.4. The van der Waals surface area contributed by atoms with Gasteiger partial charge in [0.05, 0.1) is 0 Å². The lowest BCUT2D eigenvalue weighted by Gasteiger charge is -2.22. The van der Waals surface area contributed by atoms with Crippen molar-refractivity contribution in [2.75, 3.05) is 7.05 Å². The summed E-state index contributed by atoms with van der Waals surface area (Å²) in [5, 5.41) is 7.39. The third kappa shape index (κ3) is 4.91.